The van der Waals surface area contributed by atoms with E-state index in [1.54, 1.807) is 19.0 Å². The Morgan fingerprint density at radius 2 is 1.72 bits per heavy atom. The molecule has 4 fully saturated rings. The highest BCUT2D eigenvalue weighted by atomic mass is 16.6. The minimum Gasteiger partial charge on any atom is -0.452 e. The van der Waals surface area contributed by atoms with Crippen LogP contribution in [-0.4, -0.2) is 49.1 Å². The third kappa shape index (κ3) is 4.53. The van der Waals surface area contributed by atoms with Gasteiger partial charge in [0, 0.05) is 25.7 Å². The van der Waals surface area contributed by atoms with Crippen LogP contribution >= 0.6 is 0 Å². The van der Waals surface area contributed by atoms with E-state index < -0.39 is 29.4 Å². The normalized spacial score (nSPS) is 27.5. The van der Waals surface area contributed by atoms with Crippen LogP contribution in [0.3, 0.4) is 0 Å². The number of nitro groups is 1. The summed E-state index contributed by atoms with van der Waals surface area (Å²) < 4.78 is 4.95. The predicted molar refractivity (Wildman–Crippen MR) is 115 cm³/mol. The van der Waals surface area contributed by atoms with Crippen LogP contribution in [0.1, 0.15) is 48.9 Å². The Kier molecular flexibility index (Phi) is 5.79. The molecule has 32 heavy (non-hydrogen) atoms. The van der Waals surface area contributed by atoms with Gasteiger partial charge in [0.2, 0.25) is 0 Å². The van der Waals surface area contributed by atoms with Gasteiger partial charge in [0.25, 0.3) is 11.6 Å². The molecular formula is C22H28N4O6. The Labute approximate surface area is 185 Å². The molecule has 3 amide bonds. The number of hydrogen-bond acceptors (Lipinski definition) is 7. The topological polar surface area (TPSA) is 131 Å². The molecule has 0 atom stereocenters. The lowest BCUT2D eigenvalue weighted by Crippen LogP contribution is -2.62. The van der Waals surface area contributed by atoms with E-state index in [-0.39, 0.29) is 16.8 Å². The summed E-state index contributed by atoms with van der Waals surface area (Å²) in [5, 5.41) is 16.5. The van der Waals surface area contributed by atoms with Crippen LogP contribution in [0.5, 0.6) is 0 Å². The molecule has 0 radical (unpaired) electrons. The number of nitrogens with zero attached hydrogens (tertiary/aromatic N) is 2. The Morgan fingerprint density at radius 1 is 1.12 bits per heavy atom. The molecule has 2 N–H and O–H groups in total. The number of carbonyl (C=O) groups excluding carboxylic acids is 3. The smallest absolute Gasteiger partial charge is 0.338 e. The molecule has 0 saturated heterocycles. The summed E-state index contributed by atoms with van der Waals surface area (Å²) in [6, 6.07) is 3.37. The van der Waals surface area contributed by atoms with Crippen LogP contribution in [0.25, 0.3) is 0 Å². The van der Waals surface area contributed by atoms with Crippen molar-refractivity contribution >= 4 is 29.3 Å². The maximum absolute atomic E-state index is 12.4. The lowest BCUT2D eigenvalue weighted by atomic mass is 9.53. The number of nitrogens with one attached hydrogen (secondary N) is 2. The molecule has 0 unspecified atom stereocenters. The highest BCUT2D eigenvalue weighted by Gasteiger charge is 2.51. The second kappa shape index (κ2) is 8.40. The number of esters is 1. The molecule has 0 aliphatic heterocycles. The van der Waals surface area contributed by atoms with E-state index in [0.717, 1.165) is 25.3 Å². The largest absolute Gasteiger partial charge is 0.452 e. The molecule has 1 aromatic carbocycles. The number of hydrogen-bond donors (Lipinski definition) is 2. The lowest BCUT2D eigenvalue weighted by molar-refractivity contribution is -0.384. The van der Waals surface area contributed by atoms with Crippen LogP contribution in [0.4, 0.5) is 16.2 Å². The fourth-order valence-electron chi connectivity index (χ4n) is 6.09. The van der Waals surface area contributed by atoms with E-state index in [9.17, 15) is 24.5 Å². The molecule has 10 heteroatoms. The monoisotopic (exact) mass is 444 g/mol. The number of benzene rings is 1. The van der Waals surface area contributed by atoms with Gasteiger partial charge in [-0.1, -0.05) is 0 Å². The average Bonchev–Trinajstić information content (AvgIpc) is 2.69. The predicted octanol–water partition coefficient (Wildman–Crippen LogP) is 2.61. The zero-order valence-electron chi connectivity index (χ0n) is 18.3. The molecule has 4 bridgehead atoms. The molecule has 10 nitrogen and oxygen atoms in total. The van der Waals surface area contributed by atoms with Crippen molar-refractivity contribution in [3.63, 3.8) is 0 Å². The second-order valence-corrected chi connectivity index (χ2v) is 9.63. The third-order valence-corrected chi connectivity index (χ3v) is 6.89. The van der Waals surface area contributed by atoms with Crippen molar-refractivity contribution in [2.45, 2.75) is 44.1 Å². The van der Waals surface area contributed by atoms with E-state index >= 15 is 0 Å². The van der Waals surface area contributed by atoms with Gasteiger partial charge in [-0.05, 0) is 68.4 Å². The van der Waals surface area contributed by atoms with Crippen molar-refractivity contribution < 1.29 is 24.0 Å². The van der Waals surface area contributed by atoms with Crippen molar-refractivity contribution in [2.24, 2.45) is 17.8 Å². The second-order valence-electron chi connectivity index (χ2n) is 9.63. The zero-order valence-corrected chi connectivity index (χ0v) is 18.3. The first-order chi connectivity index (χ1) is 15.1. The van der Waals surface area contributed by atoms with Crippen molar-refractivity contribution in [3.8, 4) is 0 Å². The molecule has 4 saturated carbocycles. The molecule has 0 aromatic heterocycles. The maximum Gasteiger partial charge on any atom is 0.338 e. The number of amides is 3. The first kappa shape index (κ1) is 22.0. The summed E-state index contributed by atoms with van der Waals surface area (Å²) >= 11 is 0. The number of urea groups is 1. The lowest BCUT2D eigenvalue weighted by Gasteiger charge is -2.56. The maximum atomic E-state index is 12.4. The first-order valence-electron chi connectivity index (χ1n) is 10.9. The Bertz CT molecular complexity index is 924. The molecule has 0 heterocycles. The van der Waals surface area contributed by atoms with Gasteiger partial charge < -0.3 is 15.0 Å². The molecule has 172 valence electrons. The van der Waals surface area contributed by atoms with E-state index in [1.807, 2.05) is 0 Å². The standard InChI is InChI=1S/C22H28N4O6/c1-25(2)17-4-3-16(8-18(17)26(30)31)20(28)32-12-19(27)23-21(29)24-22-9-13-5-14(10-22)7-15(6-13)11-22/h3-4,8,13-15H,5-7,9-12H2,1-2H3,(H2,23,24,27,29). The molecule has 4 aliphatic carbocycles. The summed E-state index contributed by atoms with van der Waals surface area (Å²) in [7, 11) is 3.30. The van der Waals surface area contributed by atoms with Gasteiger partial charge in [-0.2, -0.15) is 0 Å². The van der Waals surface area contributed by atoms with E-state index in [0.29, 0.717) is 23.4 Å². The highest BCUT2D eigenvalue weighted by Crippen LogP contribution is 2.55. The zero-order chi connectivity index (χ0) is 23.0. The number of rotatable bonds is 6. The summed E-state index contributed by atoms with van der Waals surface area (Å²) in [4.78, 5) is 49.0. The quantitative estimate of drug-likeness (QED) is 0.392. The Hall–Kier alpha value is -3.17. The third-order valence-electron chi connectivity index (χ3n) is 6.89. The molecular weight excluding hydrogens is 416 g/mol. The number of anilines is 1. The highest BCUT2D eigenvalue weighted by molar-refractivity contribution is 5.97. The van der Waals surface area contributed by atoms with E-state index in [1.165, 1.54) is 31.4 Å². The van der Waals surface area contributed by atoms with Gasteiger partial charge in [0.1, 0.15) is 5.69 Å². The minimum atomic E-state index is -0.880. The van der Waals surface area contributed by atoms with Gasteiger partial charge in [0.15, 0.2) is 6.61 Å². The van der Waals surface area contributed by atoms with Crippen LogP contribution in [0.15, 0.2) is 18.2 Å². The Morgan fingerprint density at radius 3 is 2.25 bits per heavy atom. The Balaban J connectivity index is 1.29. The number of ether oxygens (including phenoxy) is 1. The van der Waals surface area contributed by atoms with Gasteiger partial charge in [-0.25, -0.2) is 9.59 Å². The molecule has 4 aliphatic rings. The average molecular weight is 444 g/mol. The number of imide groups is 1. The van der Waals surface area contributed by atoms with Gasteiger partial charge in [-0.15, -0.1) is 0 Å². The van der Waals surface area contributed by atoms with Crippen LogP contribution in [-0.2, 0) is 9.53 Å². The fourth-order valence-corrected chi connectivity index (χ4v) is 6.09. The minimum absolute atomic E-state index is 0.0480. The molecule has 1 aromatic rings. The summed E-state index contributed by atoms with van der Waals surface area (Å²) in [6.07, 6.45) is 6.59. The van der Waals surface area contributed by atoms with Crippen molar-refractivity contribution in [3.05, 3.63) is 33.9 Å². The SMILES string of the molecule is CN(C)c1ccc(C(=O)OCC(=O)NC(=O)NC23CC4CC(CC(C4)C2)C3)cc1[N+](=O)[O-]. The summed E-state index contributed by atoms with van der Waals surface area (Å²) in [5.41, 5.74) is -0.189. The molecule has 0 spiro atoms. The van der Waals surface area contributed by atoms with Crippen molar-refractivity contribution in [2.75, 3.05) is 25.6 Å². The van der Waals surface area contributed by atoms with E-state index in [2.05, 4.69) is 10.6 Å². The summed E-state index contributed by atoms with van der Waals surface area (Å²) in [6.45, 7) is -0.656. The summed E-state index contributed by atoms with van der Waals surface area (Å²) in [5.74, 6) is 0.332. The van der Waals surface area contributed by atoms with Gasteiger partial charge >= 0.3 is 12.0 Å². The van der Waals surface area contributed by atoms with Crippen LogP contribution in [0.2, 0.25) is 0 Å². The van der Waals surface area contributed by atoms with Gasteiger partial charge in [-0.3, -0.25) is 20.2 Å². The van der Waals surface area contributed by atoms with Crippen molar-refractivity contribution in [1.82, 2.24) is 10.6 Å². The van der Waals surface area contributed by atoms with Crippen LogP contribution in [0, 0.1) is 27.9 Å². The van der Waals surface area contributed by atoms with E-state index in [4.69, 9.17) is 4.74 Å². The number of carbonyl (C=O) groups is 3. The molecule has 5 rings (SSSR count). The van der Waals surface area contributed by atoms with Crippen LogP contribution < -0.4 is 15.5 Å². The fraction of sp³-hybridized carbons (Fsp3) is 0.591. The number of nitro benzene ring substituents is 1. The van der Waals surface area contributed by atoms with Crippen molar-refractivity contribution in [1.29, 1.82) is 0 Å². The van der Waals surface area contributed by atoms with Gasteiger partial charge in [0.05, 0.1) is 10.5 Å². The first-order valence-corrected chi connectivity index (χ1v) is 10.9.